The summed E-state index contributed by atoms with van der Waals surface area (Å²) in [6, 6.07) is 3.46. The van der Waals surface area contributed by atoms with Crippen LogP contribution in [0, 0.1) is 0 Å². The van der Waals surface area contributed by atoms with Gasteiger partial charge in [0.15, 0.2) is 0 Å². The average Bonchev–Trinajstić information content (AvgIpc) is 2.28. The summed E-state index contributed by atoms with van der Waals surface area (Å²) in [6.07, 6.45) is 1.97. The van der Waals surface area contributed by atoms with Crippen LogP contribution in [0.15, 0.2) is 23.1 Å². The van der Waals surface area contributed by atoms with Gasteiger partial charge in [-0.05, 0) is 13.0 Å². The van der Waals surface area contributed by atoms with Crippen molar-refractivity contribution in [1.29, 1.82) is 0 Å². The maximum atomic E-state index is 11.7. The van der Waals surface area contributed by atoms with Crippen LogP contribution in [-0.4, -0.2) is 17.0 Å². The summed E-state index contributed by atoms with van der Waals surface area (Å²) in [5, 5.41) is 2.68. The molecule has 3 N–H and O–H groups in total. The minimum atomic E-state index is -0.116. The number of hydrogen-bond donors (Lipinski definition) is 2. The molecule has 0 saturated carbocycles. The maximum Gasteiger partial charge on any atom is 0.255 e. The molecule has 0 unspecified atom stereocenters. The molecule has 0 aromatic carbocycles. The highest BCUT2D eigenvalue weighted by Crippen LogP contribution is 1.92. The van der Waals surface area contributed by atoms with E-state index in [1.165, 1.54) is 4.57 Å². The number of nitrogens with zero attached hydrogens (tertiary/aromatic N) is 1. The first kappa shape index (κ1) is 12.4. The first-order chi connectivity index (χ1) is 7.69. The second-order valence-electron chi connectivity index (χ2n) is 3.44. The molecule has 1 rings (SSSR count). The normalized spacial score (nSPS) is 10.1. The Morgan fingerprint density at radius 2 is 2.31 bits per heavy atom. The van der Waals surface area contributed by atoms with E-state index in [1.807, 2.05) is 6.92 Å². The summed E-state index contributed by atoms with van der Waals surface area (Å²) in [4.78, 5) is 23.0. The van der Waals surface area contributed by atoms with Gasteiger partial charge in [0.25, 0.3) is 5.56 Å². The second-order valence-corrected chi connectivity index (χ2v) is 3.44. The molecule has 0 saturated heterocycles. The van der Waals surface area contributed by atoms with Crippen LogP contribution in [0.1, 0.15) is 18.9 Å². The van der Waals surface area contributed by atoms with Crippen LogP contribution in [0.4, 0.5) is 0 Å². The van der Waals surface area contributed by atoms with Gasteiger partial charge in [-0.1, -0.05) is 6.07 Å². The number of aryl methyl sites for hydroxylation is 1. The number of amides is 1. The highest BCUT2D eigenvalue weighted by molar-refractivity contribution is 5.75. The molecular weight excluding hydrogens is 206 g/mol. The Kier molecular flexibility index (Phi) is 4.72. The van der Waals surface area contributed by atoms with Gasteiger partial charge in [0.2, 0.25) is 5.91 Å². The molecule has 0 spiro atoms. The molecule has 16 heavy (non-hydrogen) atoms. The lowest BCUT2D eigenvalue weighted by atomic mass is 10.2. The summed E-state index contributed by atoms with van der Waals surface area (Å²) in [6.45, 7) is 3.08. The van der Waals surface area contributed by atoms with Crippen molar-refractivity contribution in [3.8, 4) is 0 Å². The van der Waals surface area contributed by atoms with Crippen LogP contribution in [0.25, 0.3) is 0 Å². The third-order valence-electron chi connectivity index (χ3n) is 2.27. The number of pyridine rings is 1. The van der Waals surface area contributed by atoms with E-state index in [9.17, 15) is 9.59 Å². The van der Waals surface area contributed by atoms with E-state index < -0.39 is 0 Å². The summed E-state index contributed by atoms with van der Waals surface area (Å²) >= 11 is 0. The van der Waals surface area contributed by atoms with Gasteiger partial charge in [-0.25, -0.2) is 0 Å². The minimum absolute atomic E-state index is 0.0486. The van der Waals surface area contributed by atoms with Gasteiger partial charge in [-0.2, -0.15) is 0 Å². The first-order valence-corrected chi connectivity index (χ1v) is 5.34. The fourth-order valence-electron chi connectivity index (χ4n) is 1.43. The fraction of sp³-hybridized carbons (Fsp3) is 0.455. The molecule has 0 fully saturated rings. The van der Waals surface area contributed by atoms with E-state index in [0.29, 0.717) is 25.1 Å². The molecule has 1 aromatic heterocycles. The van der Waals surface area contributed by atoms with Crippen molar-refractivity contribution in [2.45, 2.75) is 26.4 Å². The molecule has 0 atom stereocenters. The Morgan fingerprint density at radius 1 is 1.56 bits per heavy atom. The van der Waals surface area contributed by atoms with Crippen molar-refractivity contribution in [3.63, 3.8) is 0 Å². The lowest BCUT2D eigenvalue weighted by Gasteiger charge is -2.07. The molecule has 0 aliphatic heterocycles. The molecule has 0 aliphatic rings. The Balaban J connectivity index is 2.67. The van der Waals surface area contributed by atoms with Crippen molar-refractivity contribution >= 4 is 5.91 Å². The van der Waals surface area contributed by atoms with E-state index in [4.69, 9.17) is 5.73 Å². The zero-order chi connectivity index (χ0) is 12.0. The summed E-state index contributed by atoms with van der Waals surface area (Å²) in [5.41, 5.74) is 5.88. The van der Waals surface area contributed by atoms with Gasteiger partial charge in [0.1, 0.15) is 0 Å². The average molecular weight is 223 g/mol. The minimum Gasteiger partial charge on any atom is -0.356 e. The van der Waals surface area contributed by atoms with Crippen molar-refractivity contribution < 1.29 is 4.79 Å². The van der Waals surface area contributed by atoms with Crippen LogP contribution in [-0.2, 0) is 17.9 Å². The summed E-state index contributed by atoms with van der Waals surface area (Å²) < 4.78 is 1.51. The zero-order valence-corrected chi connectivity index (χ0v) is 9.40. The summed E-state index contributed by atoms with van der Waals surface area (Å²) in [7, 11) is 0. The quantitative estimate of drug-likeness (QED) is 0.727. The molecular formula is C11H17N3O2. The largest absolute Gasteiger partial charge is 0.356 e. The van der Waals surface area contributed by atoms with Crippen LogP contribution in [0.5, 0.6) is 0 Å². The molecule has 88 valence electrons. The summed E-state index contributed by atoms with van der Waals surface area (Å²) in [5.74, 6) is -0.0486. The first-order valence-electron chi connectivity index (χ1n) is 5.34. The van der Waals surface area contributed by atoms with Gasteiger partial charge >= 0.3 is 0 Å². The van der Waals surface area contributed by atoms with Gasteiger partial charge in [-0.3, -0.25) is 9.59 Å². The number of rotatable bonds is 5. The molecule has 1 amide bonds. The lowest BCUT2D eigenvalue weighted by Crippen LogP contribution is -2.28. The van der Waals surface area contributed by atoms with Gasteiger partial charge in [0, 0.05) is 37.8 Å². The number of hydrogen-bond acceptors (Lipinski definition) is 3. The number of aromatic nitrogens is 1. The Morgan fingerprint density at radius 3 is 2.94 bits per heavy atom. The monoisotopic (exact) mass is 223 g/mol. The van der Waals surface area contributed by atoms with Crippen molar-refractivity contribution in [2.24, 2.45) is 5.73 Å². The van der Waals surface area contributed by atoms with E-state index >= 15 is 0 Å². The second kappa shape index (κ2) is 6.07. The van der Waals surface area contributed by atoms with E-state index in [2.05, 4.69) is 5.32 Å². The third-order valence-corrected chi connectivity index (χ3v) is 2.27. The lowest BCUT2D eigenvalue weighted by molar-refractivity contribution is -0.121. The highest BCUT2D eigenvalue weighted by Gasteiger charge is 2.03. The van der Waals surface area contributed by atoms with Crippen LogP contribution >= 0.6 is 0 Å². The zero-order valence-electron chi connectivity index (χ0n) is 9.40. The third kappa shape index (κ3) is 3.20. The van der Waals surface area contributed by atoms with Crippen molar-refractivity contribution in [1.82, 2.24) is 9.88 Å². The van der Waals surface area contributed by atoms with Crippen molar-refractivity contribution in [3.05, 3.63) is 34.2 Å². The molecule has 5 nitrogen and oxygen atoms in total. The molecule has 0 bridgehead atoms. The van der Waals surface area contributed by atoms with Gasteiger partial charge in [0.05, 0.1) is 0 Å². The van der Waals surface area contributed by atoms with E-state index in [-0.39, 0.29) is 18.0 Å². The van der Waals surface area contributed by atoms with Crippen LogP contribution in [0.2, 0.25) is 0 Å². The molecule has 5 heteroatoms. The standard InChI is InChI=1S/C11H17N3O2/c1-2-13-10(15)5-7-14-6-3-4-9(8-12)11(14)16/h3-4,6H,2,5,7-8,12H2,1H3,(H,13,15). The smallest absolute Gasteiger partial charge is 0.255 e. The number of nitrogens with two attached hydrogens (primary N) is 1. The Hall–Kier alpha value is -1.62. The number of carbonyl (C=O) groups is 1. The molecule has 1 aromatic rings. The predicted molar refractivity (Wildman–Crippen MR) is 61.9 cm³/mol. The topological polar surface area (TPSA) is 77.1 Å². The number of nitrogens with one attached hydrogen (secondary N) is 1. The van der Waals surface area contributed by atoms with Crippen LogP contribution < -0.4 is 16.6 Å². The number of carbonyl (C=O) groups excluding carboxylic acids is 1. The predicted octanol–water partition coefficient (Wildman–Crippen LogP) is -0.167. The fourth-order valence-corrected chi connectivity index (χ4v) is 1.43. The van der Waals surface area contributed by atoms with Gasteiger partial charge in [-0.15, -0.1) is 0 Å². The maximum absolute atomic E-state index is 11.7. The van der Waals surface area contributed by atoms with E-state index in [0.717, 1.165) is 0 Å². The van der Waals surface area contributed by atoms with E-state index in [1.54, 1.807) is 18.3 Å². The SMILES string of the molecule is CCNC(=O)CCn1cccc(CN)c1=O. The Labute approximate surface area is 94.3 Å². The Bertz CT molecular complexity index is 412. The molecule has 0 aliphatic carbocycles. The van der Waals surface area contributed by atoms with Crippen molar-refractivity contribution in [2.75, 3.05) is 6.54 Å². The van der Waals surface area contributed by atoms with Crippen LogP contribution in [0.3, 0.4) is 0 Å². The molecule has 0 radical (unpaired) electrons. The highest BCUT2D eigenvalue weighted by atomic mass is 16.1. The molecule has 1 heterocycles. The van der Waals surface area contributed by atoms with Gasteiger partial charge < -0.3 is 15.6 Å².